The van der Waals surface area contributed by atoms with Gasteiger partial charge in [-0.2, -0.15) is 0 Å². The second kappa shape index (κ2) is 10.7. The Morgan fingerprint density at radius 2 is 1.68 bits per heavy atom. The normalized spacial score (nSPS) is 14.4. The highest BCUT2D eigenvalue weighted by atomic mass is 16.5. The lowest BCUT2D eigenvalue weighted by Gasteiger charge is -2.22. The van der Waals surface area contributed by atoms with E-state index in [9.17, 15) is 4.79 Å². The average molecular weight is 383 g/mol. The minimum absolute atomic E-state index is 0.172. The lowest BCUT2D eigenvalue weighted by Crippen LogP contribution is -2.23. The summed E-state index contributed by atoms with van der Waals surface area (Å²) in [5, 5.41) is 2.97. The average Bonchev–Trinajstić information content (AvgIpc) is 3.02. The lowest BCUT2D eigenvalue weighted by atomic mass is 10.1. The highest BCUT2D eigenvalue weighted by Crippen LogP contribution is 2.23. The highest BCUT2D eigenvalue weighted by Gasteiger charge is 2.13. The molecular weight excluding hydrogens is 352 g/mol. The third-order valence-corrected chi connectivity index (χ3v) is 4.92. The Labute approximate surface area is 167 Å². The zero-order valence-electron chi connectivity index (χ0n) is 16.7. The van der Waals surface area contributed by atoms with Crippen LogP contribution in [0.3, 0.4) is 0 Å². The molecule has 0 aromatic heterocycles. The molecule has 1 heterocycles. The summed E-state index contributed by atoms with van der Waals surface area (Å²) >= 11 is 0. The molecule has 0 bridgehead atoms. The Kier molecular flexibility index (Phi) is 7.73. The molecule has 0 unspecified atom stereocenters. The van der Waals surface area contributed by atoms with Crippen LogP contribution < -0.4 is 15.0 Å². The third-order valence-electron chi connectivity index (χ3n) is 4.92. The van der Waals surface area contributed by atoms with Crippen molar-refractivity contribution in [3.05, 3.63) is 54.1 Å². The first-order valence-electron chi connectivity index (χ1n) is 10.2. The van der Waals surface area contributed by atoms with E-state index in [1.165, 1.54) is 31.4 Å². The molecule has 1 aliphatic heterocycles. The number of hydrogen-bond donors (Lipinski definition) is 1. The fourth-order valence-electron chi connectivity index (χ4n) is 3.42. The maximum absolute atomic E-state index is 12.7. The number of ether oxygens (including phenoxy) is 2. The number of rotatable bonds is 8. The largest absolute Gasteiger partial charge is 0.490 e. The van der Waals surface area contributed by atoms with Crippen molar-refractivity contribution in [2.45, 2.75) is 32.6 Å². The number of amides is 1. The van der Waals surface area contributed by atoms with Gasteiger partial charge >= 0.3 is 0 Å². The van der Waals surface area contributed by atoms with E-state index < -0.39 is 0 Å². The second-order valence-electron chi connectivity index (χ2n) is 6.94. The molecule has 1 amide bonds. The van der Waals surface area contributed by atoms with E-state index in [2.05, 4.69) is 22.3 Å². The molecule has 1 aliphatic rings. The van der Waals surface area contributed by atoms with Gasteiger partial charge in [0, 0.05) is 31.1 Å². The van der Waals surface area contributed by atoms with Crippen LogP contribution in [0.1, 0.15) is 43.0 Å². The van der Waals surface area contributed by atoms with Gasteiger partial charge in [-0.3, -0.25) is 4.79 Å². The molecule has 28 heavy (non-hydrogen) atoms. The number of para-hydroxylation sites is 1. The van der Waals surface area contributed by atoms with E-state index in [1.54, 1.807) is 6.07 Å². The Hall–Kier alpha value is -2.53. The van der Waals surface area contributed by atoms with Crippen molar-refractivity contribution in [1.29, 1.82) is 0 Å². The van der Waals surface area contributed by atoms with Crippen molar-refractivity contribution >= 4 is 17.3 Å². The predicted octanol–water partition coefficient (Wildman–Crippen LogP) is 4.73. The van der Waals surface area contributed by atoms with Crippen LogP contribution in [0.5, 0.6) is 5.75 Å². The fourth-order valence-corrected chi connectivity index (χ4v) is 3.42. The first kappa shape index (κ1) is 20.2. The summed E-state index contributed by atoms with van der Waals surface area (Å²) in [5.74, 6) is 0.399. The van der Waals surface area contributed by atoms with Crippen molar-refractivity contribution in [3.63, 3.8) is 0 Å². The van der Waals surface area contributed by atoms with Gasteiger partial charge in [0.15, 0.2) is 0 Å². The zero-order valence-corrected chi connectivity index (χ0v) is 16.7. The molecule has 3 rings (SSSR count). The van der Waals surface area contributed by atoms with Gasteiger partial charge in [-0.05, 0) is 56.2 Å². The van der Waals surface area contributed by atoms with Crippen LogP contribution in [0.2, 0.25) is 0 Å². The van der Waals surface area contributed by atoms with Gasteiger partial charge in [-0.1, -0.05) is 25.0 Å². The van der Waals surface area contributed by atoms with Crippen LogP contribution in [-0.4, -0.2) is 38.8 Å². The molecule has 0 spiro atoms. The first-order valence-corrected chi connectivity index (χ1v) is 10.2. The predicted molar refractivity (Wildman–Crippen MR) is 114 cm³/mol. The van der Waals surface area contributed by atoms with Gasteiger partial charge in [-0.25, -0.2) is 0 Å². The summed E-state index contributed by atoms with van der Waals surface area (Å²) in [6, 6.07) is 15.4. The van der Waals surface area contributed by atoms with Gasteiger partial charge in [0.05, 0.1) is 12.2 Å². The van der Waals surface area contributed by atoms with Crippen molar-refractivity contribution in [1.82, 2.24) is 0 Å². The summed E-state index contributed by atoms with van der Waals surface area (Å²) in [6.45, 7) is 5.74. The number of anilines is 2. The maximum atomic E-state index is 12.7. The molecular formula is C23H30N2O3. The van der Waals surface area contributed by atoms with E-state index in [1.807, 2.05) is 37.3 Å². The minimum Gasteiger partial charge on any atom is -0.490 e. The fraction of sp³-hybridized carbons (Fsp3) is 0.435. The maximum Gasteiger partial charge on any atom is 0.259 e. The monoisotopic (exact) mass is 382 g/mol. The smallest absolute Gasteiger partial charge is 0.259 e. The van der Waals surface area contributed by atoms with Crippen molar-refractivity contribution < 1.29 is 14.3 Å². The number of hydrogen-bond acceptors (Lipinski definition) is 4. The Balaban J connectivity index is 1.61. The number of nitrogens with one attached hydrogen (secondary N) is 1. The molecule has 0 atom stereocenters. The highest BCUT2D eigenvalue weighted by molar-refractivity contribution is 6.06. The number of carbonyl (C=O) groups is 1. The van der Waals surface area contributed by atoms with Gasteiger partial charge in [0.1, 0.15) is 12.4 Å². The number of benzene rings is 2. The zero-order chi connectivity index (χ0) is 19.6. The summed E-state index contributed by atoms with van der Waals surface area (Å²) in [4.78, 5) is 15.2. The quantitative estimate of drug-likeness (QED) is 0.670. The summed E-state index contributed by atoms with van der Waals surface area (Å²) in [5.41, 5.74) is 2.53. The minimum atomic E-state index is -0.172. The molecule has 1 saturated heterocycles. The van der Waals surface area contributed by atoms with Crippen molar-refractivity contribution in [2.75, 3.05) is 43.1 Å². The van der Waals surface area contributed by atoms with Gasteiger partial charge in [-0.15, -0.1) is 0 Å². The summed E-state index contributed by atoms with van der Waals surface area (Å²) < 4.78 is 11.0. The second-order valence-corrected chi connectivity index (χ2v) is 6.94. The van der Waals surface area contributed by atoms with Crippen LogP contribution >= 0.6 is 0 Å². The van der Waals surface area contributed by atoms with E-state index in [-0.39, 0.29) is 5.91 Å². The van der Waals surface area contributed by atoms with Gasteiger partial charge in [0.25, 0.3) is 5.91 Å². The molecule has 1 fully saturated rings. The van der Waals surface area contributed by atoms with Crippen LogP contribution in [0.15, 0.2) is 48.5 Å². The van der Waals surface area contributed by atoms with Crippen LogP contribution in [0.4, 0.5) is 11.4 Å². The van der Waals surface area contributed by atoms with E-state index in [0.717, 1.165) is 18.8 Å². The van der Waals surface area contributed by atoms with Crippen LogP contribution in [0.25, 0.3) is 0 Å². The number of nitrogens with zero attached hydrogens (tertiary/aromatic N) is 1. The Bertz CT molecular complexity index is 738. The van der Waals surface area contributed by atoms with E-state index in [0.29, 0.717) is 31.1 Å². The molecule has 5 nitrogen and oxygen atoms in total. The van der Waals surface area contributed by atoms with Crippen LogP contribution in [0, 0.1) is 0 Å². The first-order chi connectivity index (χ1) is 13.8. The van der Waals surface area contributed by atoms with Crippen molar-refractivity contribution in [2.24, 2.45) is 0 Å². The molecule has 150 valence electrons. The SMILES string of the molecule is CCOCCOc1ccccc1C(=O)Nc1ccc(N2CCCCCC2)cc1. The third kappa shape index (κ3) is 5.73. The topological polar surface area (TPSA) is 50.8 Å². The van der Waals surface area contributed by atoms with Gasteiger partial charge in [0.2, 0.25) is 0 Å². The standard InChI is InChI=1S/C23H30N2O3/c1-2-27-17-18-28-22-10-6-5-9-21(22)23(26)24-19-11-13-20(14-12-19)25-15-7-3-4-8-16-25/h5-6,9-14H,2-4,7-8,15-18H2,1H3,(H,24,26). The number of carbonyl (C=O) groups excluding carboxylic acids is 1. The van der Waals surface area contributed by atoms with Crippen molar-refractivity contribution in [3.8, 4) is 5.75 Å². The molecule has 0 radical (unpaired) electrons. The van der Waals surface area contributed by atoms with E-state index in [4.69, 9.17) is 9.47 Å². The Morgan fingerprint density at radius 1 is 0.964 bits per heavy atom. The molecule has 0 aliphatic carbocycles. The molecule has 1 N–H and O–H groups in total. The Morgan fingerprint density at radius 3 is 2.39 bits per heavy atom. The summed E-state index contributed by atoms with van der Waals surface area (Å²) in [7, 11) is 0. The molecule has 2 aromatic carbocycles. The molecule has 2 aromatic rings. The molecule has 0 saturated carbocycles. The van der Waals surface area contributed by atoms with E-state index >= 15 is 0 Å². The molecule has 5 heteroatoms. The lowest BCUT2D eigenvalue weighted by molar-refractivity contribution is 0.0998. The summed E-state index contributed by atoms with van der Waals surface area (Å²) in [6.07, 6.45) is 5.13. The van der Waals surface area contributed by atoms with Gasteiger partial charge < -0.3 is 19.7 Å². The van der Waals surface area contributed by atoms with Crippen LogP contribution in [-0.2, 0) is 4.74 Å².